The lowest BCUT2D eigenvalue weighted by Crippen LogP contribution is -2.31. The summed E-state index contributed by atoms with van der Waals surface area (Å²) in [5.41, 5.74) is 3.29. The van der Waals surface area contributed by atoms with E-state index in [4.69, 9.17) is 26.8 Å². The molecule has 6 nitrogen and oxygen atoms in total. The SMILES string of the molecule is COc1ccc(C2=NN(C(=S)Nc3ccccc3)C(c3ccccc3O)C2)c(OC)c1. The average Bonchev–Trinajstić information content (AvgIpc) is 3.24. The monoisotopic (exact) mass is 433 g/mol. The van der Waals surface area contributed by atoms with Crippen molar-refractivity contribution in [3.63, 3.8) is 0 Å². The Labute approximate surface area is 186 Å². The molecule has 4 rings (SSSR count). The van der Waals surface area contributed by atoms with Crippen LogP contribution >= 0.6 is 12.2 Å². The van der Waals surface area contributed by atoms with Gasteiger partial charge in [0.2, 0.25) is 0 Å². The van der Waals surface area contributed by atoms with Gasteiger partial charge >= 0.3 is 0 Å². The number of phenols is 1. The van der Waals surface area contributed by atoms with E-state index in [1.807, 2.05) is 60.7 Å². The summed E-state index contributed by atoms with van der Waals surface area (Å²) >= 11 is 5.69. The minimum Gasteiger partial charge on any atom is -0.508 e. The molecule has 3 aromatic rings. The summed E-state index contributed by atoms with van der Waals surface area (Å²) in [5, 5.41) is 20.8. The van der Waals surface area contributed by atoms with Gasteiger partial charge in [-0.25, -0.2) is 5.01 Å². The molecule has 31 heavy (non-hydrogen) atoms. The van der Waals surface area contributed by atoms with Gasteiger partial charge in [0.1, 0.15) is 17.2 Å². The molecule has 0 aromatic heterocycles. The molecule has 1 unspecified atom stereocenters. The van der Waals surface area contributed by atoms with E-state index in [-0.39, 0.29) is 11.8 Å². The van der Waals surface area contributed by atoms with Crippen LogP contribution in [0.15, 0.2) is 77.9 Å². The van der Waals surface area contributed by atoms with Crippen molar-refractivity contribution >= 4 is 28.7 Å². The molecule has 0 bridgehead atoms. The molecule has 0 saturated heterocycles. The maximum absolute atomic E-state index is 10.5. The van der Waals surface area contributed by atoms with E-state index in [1.54, 1.807) is 31.4 Å². The Morgan fingerprint density at radius 1 is 1.03 bits per heavy atom. The maximum Gasteiger partial charge on any atom is 0.194 e. The summed E-state index contributed by atoms with van der Waals surface area (Å²) in [5.74, 6) is 1.57. The van der Waals surface area contributed by atoms with E-state index < -0.39 is 0 Å². The molecule has 0 amide bonds. The molecule has 0 aliphatic carbocycles. The Bertz CT molecular complexity index is 1120. The van der Waals surface area contributed by atoms with Crippen molar-refractivity contribution in [3.8, 4) is 17.2 Å². The largest absolute Gasteiger partial charge is 0.508 e. The van der Waals surface area contributed by atoms with Gasteiger partial charge in [-0.1, -0.05) is 36.4 Å². The second kappa shape index (κ2) is 9.06. The second-order valence-corrected chi connectivity index (χ2v) is 7.42. The normalized spacial score (nSPS) is 15.4. The number of hydrogen-bond donors (Lipinski definition) is 2. The van der Waals surface area contributed by atoms with Crippen LogP contribution in [0.3, 0.4) is 0 Å². The molecule has 0 radical (unpaired) electrons. The summed E-state index contributed by atoms with van der Waals surface area (Å²) in [4.78, 5) is 0. The lowest BCUT2D eigenvalue weighted by Gasteiger charge is -2.25. The van der Waals surface area contributed by atoms with E-state index in [9.17, 15) is 5.11 Å². The fraction of sp³-hybridized carbons (Fsp3) is 0.167. The zero-order valence-electron chi connectivity index (χ0n) is 17.3. The fourth-order valence-electron chi connectivity index (χ4n) is 3.61. The van der Waals surface area contributed by atoms with Crippen LogP contribution < -0.4 is 14.8 Å². The molecule has 3 aromatic carbocycles. The van der Waals surface area contributed by atoms with Crippen molar-refractivity contribution in [2.75, 3.05) is 19.5 Å². The number of thiocarbonyl (C=S) groups is 1. The van der Waals surface area contributed by atoms with Crippen LogP contribution in [0.5, 0.6) is 17.2 Å². The predicted octanol–water partition coefficient (Wildman–Crippen LogP) is 4.96. The number of anilines is 1. The first kappa shape index (κ1) is 20.7. The van der Waals surface area contributed by atoms with Crippen LogP contribution in [0.2, 0.25) is 0 Å². The highest BCUT2D eigenvalue weighted by Crippen LogP contribution is 2.39. The molecule has 1 heterocycles. The summed E-state index contributed by atoms with van der Waals surface area (Å²) in [6.45, 7) is 0. The Morgan fingerprint density at radius 2 is 1.77 bits per heavy atom. The van der Waals surface area contributed by atoms with Gasteiger partial charge in [0.25, 0.3) is 0 Å². The zero-order chi connectivity index (χ0) is 21.8. The number of phenolic OH excluding ortho intramolecular Hbond substituents is 1. The van der Waals surface area contributed by atoms with E-state index in [2.05, 4.69) is 5.32 Å². The fourth-order valence-corrected chi connectivity index (χ4v) is 3.90. The van der Waals surface area contributed by atoms with Crippen molar-refractivity contribution in [2.24, 2.45) is 5.10 Å². The molecule has 7 heteroatoms. The molecule has 158 valence electrons. The van der Waals surface area contributed by atoms with Crippen molar-refractivity contribution in [1.82, 2.24) is 5.01 Å². The number of methoxy groups -OCH3 is 2. The Kier molecular flexibility index (Phi) is 6.04. The summed E-state index contributed by atoms with van der Waals surface area (Å²) < 4.78 is 10.9. The third kappa shape index (κ3) is 4.32. The smallest absolute Gasteiger partial charge is 0.194 e. The number of ether oxygens (including phenoxy) is 2. The number of rotatable bonds is 5. The quantitative estimate of drug-likeness (QED) is 0.555. The standard InChI is InChI=1S/C24H23N3O3S/c1-29-17-12-13-18(23(14-17)30-2)20-15-21(19-10-6-7-11-22(19)28)27(26-20)24(31)25-16-8-4-3-5-9-16/h3-14,21,28H,15H2,1-2H3,(H,25,31). The van der Waals surface area contributed by atoms with Crippen molar-refractivity contribution < 1.29 is 14.6 Å². The topological polar surface area (TPSA) is 66.3 Å². The Hall–Kier alpha value is -3.58. The Morgan fingerprint density at radius 3 is 2.48 bits per heavy atom. The summed E-state index contributed by atoms with van der Waals surface area (Å²) in [7, 11) is 3.23. The van der Waals surface area contributed by atoms with Gasteiger partial charge in [-0.15, -0.1) is 0 Å². The van der Waals surface area contributed by atoms with Crippen LogP contribution in [0.1, 0.15) is 23.6 Å². The molecular formula is C24H23N3O3S. The summed E-state index contributed by atoms with van der Waals surface area (Å²) in [6.07, 6.45) is 0.552. The van der Waals surface area contributed by atoms with Crippen LogP contribution in [-0.4, -0.2) is 35.2 Å². The first-order chi connectivity index (χ1) is 15.1. The van der Waals surface area contributed by atoms with E-state index in [0.717, 1.165) is 22.5 Å². The second-order valence-electron chi connectivity index (χ2n) is 7.03. The number of hydrogen-bond acceptors (Lipinski definition) is 5. The highest BCUT2D eigenvalue weighted by atomic mass is 32.1. The Balaban J connectivity index is 1.72. The van der Waals surface area contributed by atoms with Gasteiger partial charge in [0, 0.05) is 29.3 Å². The first-order valence-corrected chi connectivity index (χ1v) is 10.2. The van der Waals surface area contributed by atoms with Crippen LogP contribution in [0.25, 0.3) is 0 Å². The van der Waals surface area contributed by atoms with E-state index >= 15 is 0 Å². The number of aromatic hydroxyl groups is 1. The predicted molar refractivity (Wildman–Crippen MR) is 126 cm³/mol. The van der Waals surface area contributed by atoms with E-state index in [1.165, 1.54) is 0 Å². The minimum atomic E-state index is -0.258. The maximum atomic E-state index is 10.5. The van der Waals surface area contributed by atoms with Gasteiger partial charge in [-0.3, -0.25) is 0 Å². The molecule has 1 atom stereocenters. The van der Waals surface area contributed by atoms with Gasteiger partial charge in [0.15, 0.2) is 5.11 Å². The molecule has 2 N–H and O–H groups in total. The van der Waals surface area contributed by atoms with Crippen LogP contribution in [-0.2, 0) is 0 Å². The molecular weight excluding hydrogens is 410 g/mol. The zero-order valence-corrected chi connectivity index (χ0v) is 18.1. The van der Waals surface area contributed by atoms with Gasteiger partial charge in [-0.05, 0) is 42.5 Å². The van der Waals surface area contributed by atoms with Gasteiger partial charge in [-0.2, -0.15) is 5.10 Å². The van der Waals surface area contributed by atoms with Crippen molar-refractivity contribution in [2.45, 2.75) is 12.5 Å². The van der Waals surface area contributed by atoms with E-state index in [0.29, 0.717) is 23.0 Å². The van der Waals surface area contributed by atoms with Crippen molar-refractivity contribution in [3.05, 3.63) is 83.9 Å². The third-order valence-electron chi connectivity index (χ3n) is 5.16. The molecule has 0 saturated carbocycles. The lowest BCUT2D eigenvalue weighted by molar-refractivity contribution is 0.359. The number of benzene rings is 3. The highest BCUT2D eigenvalue weighted by molar-refractivity contribution is 7.80. The minimum absolute atomic E-state index is 0.207. The number of hydrazone groups is 1. The number of nitrogens with one attached hydrogen (secondary N) is 1. The molecule has 1 aliphatic rings. The van der Waals surface area contributed by atoms with Crippen LogP contribution in [0.4, 0.5) is 5.69 Å². The average molecular weight is 434 g/mol. The third-order valence-corrected chi connectivity index (χ3v) is 5.45. The first-order valence-electron chi connectivity index (χ1n) is 9.83. The molecule has 1 aliphatic heterocycles. The number of nitrogens with zero attached hydrogens (tertiary/aromatic N) is 2. The molecule has 0 spiro atoms. The number of para-hydroxylation sites is 2. The molecule has 0 fully saturated rings. The van der Waals surface area contributed by atoms with Gasteiger partial charge < -0.3 is 19.9 Å². The lowest BCUT2D eigenvalue weighted by atomic mass is 9.97. The highest BCUT2D eigenvalue weighted by Gasteiger charge is 2.34. The summed E-state index contributed by atoms with van der Waals surface area (Å²) in [6, 6.07) is 22.3. The van der Waals surface area contributed by atoms with Gasteiger partial charge in [0.05, 0.1) is 26.0 Å². The van der Waals surface area contributed by atoms with Crippen molar-refractivity contribution in [1.29, 1.82) is 0 Å². The van der Waals surface area contributed by atoms with Crippen LogP contribution in [0, 0.1) is 0 Å².